The lowest BCUT2D eigenvalue weighted by molar-refractivity contribution is -0.168. The fraction of sp³-hybridized carbons (Fsp3) is 0.833. The van der Waals surface area contributed by atoms with Crippen molar-refractivity contribution >= 4 is 11.9 Å². The van der Waals surface area contributed by atoms with Crippen LogP contribution in [0.25, 0.3) is 0 Å². The van der Waals surface area contributed by atoms with E-state index < -0.39 is 0 Å². The van der Waals surface area contributed by atoms with Crippen LogP contribution in [0.3, 0.4) is 0 Å². The summed E-state index contributed by atoms with van der Waals surface area (Å²) >= 11 is 0. The summed E-state index contributed by atoms with van der Waals surface area (Å²) in [7, 11) is 0. The highest BCUT2D eigenvalue weighted by atomic mass is 16.6. The topological polar surface area (TPSA) is 52.6 Å². The first kappa shape index (κ1) is 18.7. The van der Waals surface area contributed by atoms with Crippen LogP contribution in [0, 0.1) is 41.4 Å². The van der Waals surface area contributed by atoms with Gasteiger partial charge in [-0.2, -0.15) is 0 Å². The Hall–Kier alpha value is -1.32. The van der Waals surface area contributed by atoms with E-state index in [1.807, 2.05) is 0 Å². The molecule has 0 radical (unpaired) electrons. The van der Waals surface area contributed by atoms with Crippen molar-refractivity contribution in [2.24, 2.45) is 41.4 Å². The van der Waals surface area contributed by atoms with Crippen molar-refractivity contribution in [3.63, 3.8) is 0 Å². The number of carbonyl (C=O) groups is 2. The van der Waals surface area contributed by atoms with E-state index in [1.165, 1.54) is 19.8 Å². The number of allylic oxidation sites excluding steroid dienone is 2. The van der Waals surface area contributed by atoms with Crippen LogP contribution in [0.2, 0.25) is 0 Å². The molecule has 4 nitrogen and oxygen atoms in total. The summed E-state index contributed by atoms with van der Waals surface area (Å²) in [6, 6.07) is 0. The minimum atomic E-state index is -0.306. The Balaban J connectivity index is 1.29. The van der Waals surface area contributed by atoms with Gasteiger partial charge in [0.2, 0.25) is 0 Å². The highest BCUT2D eigenvalue weighted by molar-refractivity contribution is 5.72. The summed E-state index contributed by atoms with van der Waals surface area (Å²) in [5, 5.41) is 0. The molecule has 8 atom stereocenters. The Morgan fingerprint density at radius 3 is 2.46 bits per heavy atom. The Kier molecular flexibility index (Phi) is 4.59. The predicted molar refractivity (Wildman–Crippen MR) is 105 cm³/mol. The molecular weight excluding hydrogens is 352 g/mol. The van der Waals surface area contributed by atoms with Crippen LogP contribution in [0.15, 0.2) is 12.2 Å². The van der Waals surface area contributed by atoms with E-state index in [-0.39, 0.29) is 30.1 Å². The summed E-state index contributed by atoms with van der Waals surface area (Å²) < 4.78 is 11.8. The van der Waals surface area contributed by atoms with Crippen molar-refractivity contribution < 1.29 is 19.1 Å². The van der Waals surface area contributed by atoms with Gasteiger partial charge in [-0.1, -0.05) is 19.1 Å². The maximum absolute atomic E-state index is 12.8. The normalized spacial score (nSPS) is 42.6. The highest BCUT2D eigenvalue weighted by Gasteiger charge is 2.62. The van der Waals surface area contributed by atoms with Gasteiger partial charge in [-0.15, -0.1) is 0 Å². The smallest absolute Gasteiger partial charge is 0.310 e. The van der Waals surface area contributed by atoms with Crippen LogP contribution in [-0.4, -0.2) is 23.6 Å². The van der Waals surface area contributed by atoms with Crippen molar-refractivity contribution in [1.82, 2.24) is 0 Å². The second-order valence-electron chi connectivity index (χ2n) is 10.2. The largest absolute Gasteiger partial charge is 0.462 e. The van der Waals surface area contributed by atoms with Gasteiger partial charge < -0.3 is 9.47 Å². The van der Waals surface area contributed by atoms with Gasteiger partial charge in [0.15, 0.2) is 0 Å². The monoisotopic (exact) mass is 386 g/mol. The molecule has 4 bridgehead atoms. The van der Waals surface area contributed by atoms with Gasteiger partial charge >= 0.3 is 11.9 Å². The molecule has 4 fully saturated rings. The minimum Gasteiger partial charge on any atom is -0.462 e. The second kappa shape index (κ2) is 6.88. The molecule has 0 aromatic rings. The molecule has 0 saturated heterocycles. The third kappa shape index (κ3) is 2.93. The Morgan fingerprint density at radius 2 is 1.79 bits per heavy atom. The van der Waals surface area contributed by atoms with Crippen LogP contribution in [0.5, 0.6) is 0 Å². The molecule has 0 heterocycles. The zero-order valence-corrected chi connectivity index (χ0v) is 17.3. The summed E-state index contributed by atoms with van der Waals surface area (Å²) in [6.45, 7) is 3.58. The summed E-state index contributed by atoms with van der Waals surface area (Å²) in [6.07, 6.45) is 13.6. The average molecular weight is 387 g/mol. The van der Waals surface area contributed by atoms with Crippen molar-refractivity contribution in [3.05, 3.63) is 12.2 Å². The van der Waals surface area contributed by atoms with Crippen molar-refractivity contribution in [1.29, 1.82) is 0 Å². The summed E-state index contributed by atoms with van der Waals surface area (Å²) in [4.78, 5) is 24.7. The maximum Gasteiger partial charge on any atom is 0.310 e. The van der Waals surface area contributed by atoms with E-state index in [0.29, 0.717) is 11.8 Å². The number of esters is 2. The number of hydrogen-bond acceptors (Lipinski definition) is 4. The molecule has 4 heteroatoms. The molecule has 5 aliphatic carbocycles. The lowest BCUT2D eigenvalue weighted by Gasteiger charge is -2.39. The molecule has 0 amide bonds. The van der Waals surface area contributed by atoms with Gasteiger partial charge in [0.1, 0.15) is 11.7 Å². The number of hydrogen-bond donors (Lipinski definition) is 0. The molecule has 0 N–H and O–H groups in total. The quantitative estimate of drug-likeness (QED) is 0.378. The summed E-state index contributed by atoms with van der Waals surface area (Å²) in [5.41, 5.74) is -0.271. The van der Waals surface area contributed by atoms with Gasteiger partial charge in [-0.3, -0.25) is 9.59 Å². The lowest BCUT2D eigenvalue weighted by atomic mass is 9.68. The van der Waals surface area contributed by atoms with Crippen LogP contribution >= 0.6 is 0 Å². The molecule has 0 spiro atoms. The first-order valence-electron chi connectivity index (χ1n) is 11.6. The van der Waals surface area contributed by atoms with E-state index in [9.17, 15) is 9.59 Å². The van der Waals surface area contributed by atoms with E-state index >= 15 is 0 Å². The third-order valence-electron chi connectivity index (χ3n) is 8.97. The predicted octanol–water partition coefficient (Wildman–Crippen LogP) is 4.67. The molecule has 8 unspecified atom stereocenters. The second-order valence-corrected chi connectivity index (χ2v) is 10.2. The van der Waals surface area contributed by atoms with Crippen LogP contribution in [0.1, 0.15) is 71.6 Å². The molecule has 0 aliphatic heterocycles. The third-order valence-corrected chi connectivity index (χ3v) is 8.97. The first-order chi connectivity index (χ1) is 13.5. The van der Waals surface area contributed by atoms with Crippen molar-refractivity contribution in [2.75, 3.05) is 0 Å². The van der Waals surface area contributed by atoms with Gasteiger partial charge in [0.05, 0.1) is 6.42 Å². The molecule has 0 aromatic carbocycles. The zero-order chi connectivity index (χ0) is 19.5. The van der Waals surface area contributed by atoms with Gasteiger partial charge in [0, 0.05) is 6.92 Å². The Bertz CT molecular complexity index is 676. The van der Waals surface area contributed by atoms with Gasteiger partial charge in [-0.05, 0) is 92.8 Å². The molecule has 5 aliphatic rings. The van der Waals surface area contributed by atoms with Crippen molar-refractivity contribution in [2.45, 2.75) is 83.3 Å². The standard InChI is InChI=1S/C24H34O4/c1-3-24(8-4-5-9-24)28-21(26)13-20(27-14(2)25)18-11-17-12-19(18)23-16-7-6-15(10-16)22(17)23/h6-7,15-20,22-23H,3-5,8-13H2,1-2H3. The Labute approximate surface area is 168 Å². The molecule has 28 heavy (non-hydrogen) atoms. The number of ether oxygens (including phenoxy) is 2. The van der Waals surface area contributed by atoms with E-state index in [4.69, 9.17) is 9.47 Å². The van der Waals surface area contributed by atoms with E-state index in [1.54, 1.807) is 0 Å². The molecule has 4 saturated carbocycles. The molecule has 0 aromatic heterocycles. The molecular formula is C24H34O4. The fourth-order valence-electron chi connectivity index (χ4n) is 7.98. The molecule has 154 valence electrons. The number of carbonyl (C=O) groups excluding carboxylic acids is 2. The van der Waals surface area contributed by atoms with Crippen LogP contribution in [0.4, 0.5) is 0 Å². The van der Waals surface area contributed by atoms with Crippen LogP contribution < -0.4 is 0 Å². The fourth-order valence-corrected chi connectivity index (χ4v) is 7.98. The average Bonchev–Trinajstić information content (AvgIpc) is 3.45. The Morgan fingerprint density at radius 1 is 1.07 bits per heavy atom. The zero-order valence-electron chi connectivity index (χ0n) is 17.3. The maximum atomic E-state index is 12.8. The number of rotatable bonds is 6. The first-order valence-corrected chi connectivity index (χ1v) is 11.6. The van der Waals surface area contributed by atoms with Crippen LogP contribution in [-0.2, 0) is 19.1 Å². The summed E-state index contributed by atoms with van der Waals surface area (Å²) in [5.74, 6) is 4.38. The highest BCUT2D eigenvalue weighted by Crippen LogP contribution is 2.67. The van der Waals surface area contributed by atoms with Gasteiger partial charge in [-0.25, -0.2) is 0 Å². The van der Waals surface area contributed by atoms with E-state index in [0.717, 1.165) is 68.1 Å². The lowest BCUT2D eigenvalue weighted by Crippen LogP contribution is -2.40. The SMILES string of the molecule is CCC1(OC(=O)CC(OC(C)=O)C2CC3CC2C2C4C=CC(C4)C32)CCCC1. The minimum absolute atomic E-state index is 0.165. The molecule has 5 rings (SSSR count). The van der Waals surface area contributed by atoms with E-state index in [2.05, 4.69) is 19.1 Å². The van der Waals surface area contributed by atoms with Crippen molar-refractivity contribution in [3.8, 4) is 0 Å². The number of fused-ring (bicyclic) bond motifs is 9. The van der Waals surface area contributed by atoms with Gasteiger partial charge in [0.25, 0.3) is 0 Å².